The highest BCUT2D eigenvalue weighted by molar-refractivity contribution is 9.10. The van der Waals surface area contributed by atoms with Gasteiger partial charge in [0, 0.05) is 23.4 Å². The SMILES string of the molecule is Cc1cc(Cn2ccnc2C(C)O)ccc1Br. The van der Waals surface area contributed by atoms with Crippen LogP contribution in [0.3, 0.4) is 0 Å². The molecule has 4 heteroatoms. The maximum Gasteiger partial charge on any atom is 0.137 e. The second-order valence-corrected chi connectivity index (χ2v) is 5.03. The highest BCUT2D eigenvalue weighted by Crippen LogP contribution is 2.19. The van der Waals surface area contributed by atoms with Crippen molar-refractivity contribution in [2.75, 3.05) is 0 Å². The first-order chi connectivity index (χ1) is 8.08. The van der Waals surface area contributed by atoms with Crippen LogP contribution in [0.1, 0.15) is 30.0 Å². The third-order valence-corrected chi connectivity index (χ3v) is 3.59. The van der Waals surface area contributed by atoms with Crippen molar-refractivity contribution >= 4 is 15.9 Å². The Morgan fingerprint density at radius 2 is 2.24 bits per heavy atom. The molecule has 0 aliphatic carbocycles. The van der Waals surface area contributed by atoms with Crippen LogP contribution in [0.25, 0.3) is 0 Å². The molecular formula is C13H15BrN2O. The normalized spacial score (nSPS) is 12.7. The lowest BCUT2D eigenvalue weighted by molar-refractivity contribution is 0.184. The Kier molecular flexibility index (Phi) is 3.64. The molecule has 0 saturated carbocycles. The number of aryl methyl sites for hydroxylation is 1. The summed E-state index contributed by atoms with van der Waals surface area (Å²) < 4.78 is 3.08. The van der Waals surface area contributed by atoms with Gasteiger partial charge in [0.15, 0.2) is 0 Å². The lowest BCUT2D eigenvalue weighted by atomic mass is 10.1. The molecular weight excluding hydrogens is 280 g/mol. The molecule has 1 N–H and O–H groups in total. The number of nitrogens with zero attached hydrogens (tertiary/aromatic N) is 2. The molecule has 1 heterocycles. The Morgan fingerprint density at radius 3 is 2.88 bits per heavy atom. The molecule has 1 atom stereocenters. The molecule has 0 fully saturated rings. The van der Waals surface area contributed by atoms with Crippen LogP contribution in [-0.2, 0) is 6.54 Å². The molecule has 0 aliphatic heterocycles. The average Bonchev–Trinajstić information content (AvgIpc) is 2.72. The summed E-state index contributed by atoms with van der Waals surface area (Å²) in [7, 11) is 0. The van der Waals surface area contributed by atoms with E-state index in [0.29, 0.717) is 5.82 Å². The number of hydrogen-bond acceptors (Lipinski definition) is 2. The number of hydrogen-bond donors (Lipinski definition) is 1. The Balaban J connectivity index is 2.25. The van der Waals surface area contributed by atoms with Gasteiger partial charge in [-0.2, -0.15) is 0 Å². The summed E-state index contributed by atoms with van der Waals surface area (Å²) in [5.74, 6) is 0.700. The summed E-state index contributed by atoms with van der Waals surface area (Å²) in [4.78, 5) is 4.16. The predicted molar refractivity (Wildman–Crippen MR) is 70.8 cm³/mol. The van der Waals surface area contributed by atoms with Gasteiger partial charge < -0.3 is 9.67 Å². The minimum absolute atomic E-state index is 0.540. The summed E-state index contributed by atoms with van der Waals surface area (Å²) in [5, 5.41) is 9.58. The van der Waals surface area contributed by atoms with E-state index in [2.05, 4.69) is 40.0 Å². The predicted octanol–water partition coefficient (Wildman–Crippen LogP) is 3.06. The van der Waals surface area contributed by atoms with E-state index in [-0.39, 0.29) is 0 Å². The van der Waals surface area contributed by atoms with E-state index in [4.69, 9.17) is 0 Å². The quantitative estimate of drug-likeness (QED) is 0.945. The fourth-order valence-corrected chi connectivity index (χ4v) is 2.07. The van der Waals surface area contributed by atoms with E-state index in [9.17, 15) is 5.11 Å². The third-order valence-electron chi connectivity index (χ3n) is 2.70. The first-order valence-electron chi connectivity index (χ1n) is 5.52. The molecule has 0 spiro atoms. The topological polar surface area (TPSA) is 38.0 Å². The molecule has 0 aliphatic rings. The van der Waals surface area contributed by atoms with Crippen molar-refractivity contribution in [3.63, 3.8) is 0 Å². The van der Waals surface area contributed by atoms with Crippen LogP contribution < -0.4 is 0 Å². The van der Waals surface area contributed by atoms with Gasteiger partial charge >= 0.3 is 0 Å². The summed E-state index contributed by atoms with van der Waals surface area (Å²) in [5.41, 5.74) is 2.41. The van der Waals surface area contributed by atoms with Gasteiger partial charge in [0.2, 0.25) is 0 Å². The number of aliphatic hydroxyl groups excluding tert-OH is 1. The maximum absolute atomic E-state index is 9.58. The van der Waals surface area contributed by atoms with Crippen LogP contribution in [-0.4, -0.2) is 14.7 Å². The van der Waals surface area contributed by atoms with Crippen molar-refractivity contribution in [2.24, 2.45) is 0 Å². The molecule has 0 amide bonds. The Hall–Kier alpha value is -1.13. The van der Waals surface area contributed by atoms with Gasteiger partial charge in [-0.25, -0.2) is 4.98 Å². The van der Waals surface area contributed by atoms with E-state index in [1.54, 1.807) is 13.1 Å². The number of benzene rings is 1. The van der Waals surface area contributed by atoms with E-state index in [1.165, 1.54) is 11.1 Å². The molecule has 1 aromatic heterocycles. The van der Waals surface area contributed by atoms with E-state index in [0.717, 1.165) is 11.0 Å². The standard InChI is InChI=1S/C13H15BrN2O/c1-9-7-11(3-4-12(9)14)8-16-6-5-15-13(16)10(2)17/h3-7,10,17H,8H2,1-2H3. The Morgan fingerprint density at radius 1 is 1.47 bits per heavy atom. The van der Waals surface area contributed by atoms with E-state index < -0.39 is 6.10 Å². The first-order valence-corrected chi connectivity index (χ1v) is 6.31. The Labute approximate surface area is 109 Å². The van der Waals surface area contributed by atoms with E-state index in [1.807, 2.05) is 16.8 Å². The Bertz CT molecular complexity index is 520. The average molecular weight is 295 g/mol. The number of aliphatic hydroxyl groups is 1. The van der Waals surface area contributed by atoms with Crippen molar-refractivity contribution in [2.45, 2.75) is 26.5 Å². The zero-order valence-corrected chi connectivity index (χ0v) is 11.5. The zero-order valence-electron chi connectivity index (χ0n) is 9.89. The third kappa shape index (κ3) is 2.76. The number of halogens is 1. The lowest BCUT2D eigenvalue weighted by Crippen LogP contribution is -2.07. The summed E-state index contributed by atoms with van der Waals surface area (Å²) in [6, 6.07) is 6.25. The van der Waals surface area contributed by atoms with Gasteiger partial charge in [-0.15, -0.1) is 0 Å². The number of rotatable bonds is 3. The minimum atomic E-state index is -0.540. The monoisotopic (exact) mass is 294 g/mol. The van der Waals surface area contributed by atoms with E-state index >= 15 is 0 Å². The molecule has 17 heavy (non-hydrogen) atoms. The molecule has 90 valence electrons. The van der Waals surface area contributed by atoms with Crippen LogP contribution >= 0.6 is 15.9 Å². The summed E-state index contributed by atoms with van der Waals surface area (Å²) in [6.07, 6.45) is 3.06. The van der Waals surface area contributed by atoms with Gasteiger partial charge in [0.05, 0.1) is 0 Å². The van der Waals surface area contributed by atoms with Crippen LogP contribution in [0.5, 0.6) is 0 Å². The fourth-order valence-electron chi connectivity index (χ4n) is 1.82. The minimum Gasteiger partial charge on any atom is -0.385 e. The van der Waals surface area contributed by atoms with Crippen molar-refractivity contribution in [1.29, 1.82) is 0 Å². The highest BCUT2D eigenvalue weighted by atomic mass is 79.9. The fraction of sp³-hybridized carbons (Fsp3) is 0.308. The summed E-state index contributed by atoms with van der Waals surface area (Å²) in [6.45, 7) is 4.52. The molecule has 3 nitrogen and oxygen atoms in total. The van der Waals surface area contributed by atoms with Gasteiger partial charge in [-0.05, 0) is 31.0 Å². The molecule has 0 saturated heterocycles. The lowest BCUT2D eigenvalue weighted by Gasteiger charge is -2.10. The van der Waals surface area contributed by atoms with Crippen LogP contribution in [0.2, 0.25) is 0 Å². The molecule has 2 aromatic rings. The summed E-state index contributed by atoms with van der Waals surface area (Å²) >= 11 is 3.49. The zero-order chi connectivity index (χ0) is 12.4. The van der Waals surface area contributed by atoms with Crippen LogP contribution in [0.4, 0.5) is 0 Å². The van der Waals surface area contributed by atoms with Crippen molar-refractivity contribution < 1.29 is 5.11 Å². The second-order valence-electron chi connectivity index (χ2n) is 4.17. The highest BCUT2D eigenvalue weighted by Gasteiger charge is 2.09. The number of aromatic nitrogens is 2. The van der Waals surface area contributed by atoms with Gasteiger partial charge in [0.25, 0.3) is 0 Å². The maximum atomic E-state index is 9.58. The van der Waals surface area contributed by atoms with Gasteiger partial charge in [0.1, 0.15) is 11.9 Å². The molecule has 1 unspecified atom stereocenters. The molecule has 0 bridgehead atoms. The van der Waals surface area contributed by atoms with Crippen molar-refractivity contribution in [3.05, 3.63) is 52.0 Å². The molecule has 1 aromatic carbocycles. The smallest absolute Gasteiger partial charge is 0.137 e. The van der Waals surface area contributed by atoms with Gasteiger partial charge in [-0.1, -0.05) is 28.1 Å². The van der Waals surface area contributed by atoms with Crippen LogP contribution in [0.15, 0.2) is 35.1 Å². The van der Waals surface area contributed by atoms with Crippen molar-refractivity contribution in [3.8, 4) is 0 Å². The van der Waals surface area contributed by atoms with Crippen LogP contribution in [0, 0.1) is 6.92 Å². The number of imidazole rings is 1. The van der Waals surface area contributed by atoms with Gasteiger partial charge in [-0.3, -0.25) is 0 Å². The first kappa shape index (κ1) is 12.3. The molecule has 0 radical (unpaired) electrons. The second kappa shape index (κ2) is 5.02. The molecule has 2 rings (SSSR count). The largest absolute Gasteiger partial charge is 0.385 e. The van der Waals surface area contributed by atoms with Crippen molar-refractivity contribution in [1.82, 2.24) is 9.55 Å².